The van der Waals surface area contributed by atoms with Crippen LogP contribution < -0.4 is 0 Å². The molecule has 1 rings (SSSR count). The van der Waals surface area contributed by atoms with Crippen molar-refractivity contribution in [2.24, 2.45) is 0 Å². The molecule has 83 valence electrons. The van der Waals surface area contributed by atoms with Gasteiger partial charge in [-0.15, -0.1) is 0 Å². The van der Waals surface area contributed by atoms with Gasteiger partial charge in [0.2, 0.25) is 0 Å². The van der Waals surface area contributed by atoms with E-state index in [2.05, 4.69) is 26.0 Å². The maximum atomic E-state index is 5.19. The lowest BCUT2D eigenvalue weighted by molar-refractivity contribution is 0.720. The van der Waals surface area contributed by atoms with E-state index in [1.54, 1.807) is 0 Å². The molecule has 0 saturated carbocycles. The monoisotopic (exact) mass is 225 g/mol. The minimum atomic E-state index is 0. The largest absolute Gasteiger partial charge is 0.269 e. The lowest BCUT2D eigenvalue weighted by Gasteiger charge is -2.09. The van der Waals surface area contributed by atoms with Crippen molar-refractivity contribution in [1.82, 2.24) is 0 Å². The molecule has 0 aliphatic carbocycles. The Hall–Kier alpha value is -0.770. The molecular weight excluding hydrogens is 209 g/mol. The molecule has 1 unspecified atom stereocenters. The summed E-state index contributed by atoms with van der Waals surface area (Å²) < 4.78 is 0. The molecule has 0 spiro atoms. The summed E-state index contributed by atoms with van der Waals surface area (Å²) in [7, 11) is 0. The highest BCUT2D eigenvalue weighted by Gasteiger charge is 2.05. The van der Waals surface area contributed by atoms with Crippen LogP contribution in [0.4, 0.5) is 14.1 Å². The Morgan fingerprint density at radius 2 is 1.64 bits per heavy atom. The summed E-state index contributed by atoms with van der Waals surface area (Å²) in [5.74, 6) is 0.601. The second kappa shape index (κ2) is 8.81. The zero-order valence-corrected chi connectivity index (χ0v) is 9.04. The Morgan fingerprint density at radius 1 is 1.14 bits per heavy atom. The topological polar surface area (TPSA) is 0 Å². The summed E-state index contributed by atoms with van der Waals surface area (Å²) in [5, 5.41) is 0. The first-order chi connectivity index (χ1) is 5.25. The first-order valence-corrected chi connectivity index (χ1v) is 4.42. The lowest BCUT2D eigenvalue weighted by atomic mass is 9.99. The third kappa shape index (κ3) is 4.46. The Balaban J connectivity index is -0.000000403. The molecule has 0 aromatic heterocycles. The van der Waals surface area contributed by atoms with Gasteiger partial charge in [0, 0.05) is 4.90 Å². The Morgan fingerprint density at radius 3 is 2.07 bits per heavy atom. The highest BCUT2D eigenvalue weighted by atomic mass is 32.1. The van der Waals surface area contributed by atoms with Gasteiger partial charge in [-0.25, -0.2) is 0 Å². The summed E-state index contributed by atoms with van der Waals surface area (Å²) >= 11 is 5.19. The van der Waals surface area contributed by atoms with E-state index in [1.807, 2.05) is 12.1 Å². The van der Waals surface area contributed by atoms with Crippen molar-refractivity contribution < 1.29 is 14.1 Å². The SMILES string of the molecule is CCC(C)c1ccccc1[S].F.F.F. The van der Waals surface area contributed by atoms with E-state index in [-0.39, 0.29) is 14.1 Å². The normalized spacial score (nSPS) is 10.1. The van der Waals surface area contributed by atoms with Gasteiger partial charge in [-0.05, 0) is 24.0 Å². The molecule has 1 aromatic rings. The van der Waals surface area contributed by atoms with Crippen molar-refractivity contribution in [2.45, 2.75) is 31.1 Å². The fourth-order valence-electron chi connectivity index (χ4n) is 1.11. The Labute approximate surface area is 88.2 Å². The molecule has 1 atom stereocenters. The van der Waals surface area contributed by atoms with E-state index >= 15 is 0 Å². The maximum Gasteiger partial charge on any atom is 0.0411 e. The van der Waals surface area contributed by atoms with Gasteiger partial charge >= 0.3 is 0 Å². The van der Waals surface area contributed by atoms with Crippen molar-refractivity contribution in [1.29, 1.82) is 0 Å². The third-order valence-electron chi connectivity index (χ3n) is 2.06. The molecule has 0 fully saturated rings. The molecule has 0 N–H and O–H groups in total. The summed E-state index contributed by atoms with van der Waals surface area (Å²) in [5.41, 5.74) is 1.31. The smallest absolute Gasteiger partial charge is 0.0411 e. The molecule has 1 radical (unpaired) electrons. The Kier molecular flexibility index (Phi) is 11.9. The van der Waals surface area contributed by atoms with Gasteiger partial charge in [-0.2, -0.15) is 0 Å². The lowest BCUT2D eigenvalue weighted by Crippen LogP contribution is -1.91. The fraction of sp³-hybridized carbons (Fsp3) is 0.400. The van der Waals surface area contributed by atoms with E-state index in [0.29, 0.717) is 5.92 Å². The van der Waals surface area contributed by atoms with Gasteiger partial charge in [0.05, 0.1) is 0 Å². The van der Waals surface area contributed by atoms with Crippen LogP contribution in [0.5, 0.6) is 0 Å². The van der Waals surface area contributed by atoms with Gasteiger partial charge in [0.25, 0.3) is 0 Å². The highest BCUT2D eigenvalue weighted by molar-refractivity contribution is 7.80. The zero-order valence-electron chi connectivity index (χ0n) is 8.23. The number of hydrogen-bond acceptors (Lipinski definition) is 0. The summed E-state index contributed by atoms with van der Waals surface area (Å²) in [6, 6.07) is 8.17. The molecular formula is C10H16F3S. The van der Waals surface area contributed by atoms with Crippen LogP contribution in [-0.2, 0) is 0 Å². The van der Waals surface area contributed by atoms with Crippen LogP contribution in [0.25, 0.3) is 0 Å². The summed E-state index contributed by atoms with van der Waals surface area (Å²) in [6.07, 6.45) is 1.16. The molecule has 14 heavy (non-hydrogen) atoms. The van der Waals surface area contributed by atoms with E-state index < -0.39 is 0 Å². The number of benzene rings is 1. The average molecular weight is 225 g/mol. The van der Waals surface area contributed by atoms with E-state index in [0.717, 1.165) is 11.3 Å². The molecule has 0 aliphatic rings. The van der Waals surface area contributed by atoms with E-state index in [4.69, 9.17) is 12.6 Å². The summed E-state index contributed by atoms with van der Waals surface area (Å²) in [6.45, 7) is 4.40. The molecule has 4 heteroatoms. The number of hydrogen-bond donors (Lipinski definition) is 0. The van der Waals surface area contributed by atoms with Crippen LogP contribution in [-0.4, -0.2) is 0 Å². The first-order valence-electron chi connectivity index (χ1n) is 4.01. The second-order valence-electron chi connectivity index (χ2n) is 2.85. The average Bonchev–Trinajstić information content (AvgIpc) is 2.04. The van der Waals surface area contributed by atoms with Crippen LogP contribution in [0.2, 0.25) is 0 Å². The standard InChI is InChI=1S/C10H13S.3FH/c1-3-8(2)9-6-4-5-7-10(9)11;;;/h4-8H,3H2,1-2H3;3*1H. The van der Waals surface area contributed by atoms with E-state index in [9.17, 15) is 0 Å². The van der Waals surface area contributed by atoms with Crippen molar-refractivity contribution in [3.8, 4) is 0 Å². The van der Waals surface area contributed by atoms with Gasteiger partial charge in [0.15, 0.2) is 0 Å². The third-order valence-corrected chi connectivity index (χ3v) is 2.43. The highest BCUT2D eigenvalue weighted by Crippen LogP contribution is 2.24. The predicted octanol–water partition coefficient (Wildman–Crippen LogP) is 4.21. The van der Waals surface area contributed by atoms with Crippen LogP contribution in [0, 0.1) is 0 Å². The molecule has 0 bridgehead atoms. The number of halogens is 3. The van der Waals surface area contributed by atoms with E-state index in [1.165, 1.54) is 5.56 Å². The Bertz CT molecular complexity index is 241. The molecule has 0 heterocycles. The minimum Gasteiger partial charge on any atom is -0.269 e. The van der Waals surface area contributed by atoms with Crippen molar-refractivity contribution in [3.63, 3.8) is 0 Å². The number of rotatable bonds is 2. The quantitative estimate of drug-likeness (QED) is 0.707. The van der Waals surface area contributed by atoms with Crippen LogP contribution >= 0.6 is 12.6 Å². The van der Waals surface area contributed by atoms with Crippen LogP contribution in [0.3, 0.4) is 0 Å². The molecule has 0 aliphatic heterocycles. The van der Waals surface area contributed by atoms with Crippen LogP contribution in [0.15, 0.2) is 29.2 Å². The zero-order chi connectivity index (χ0) is 8.27. The predicted molar refractivity (Wildman–Crippen MR) is 58.5 cm³/mol. The molecule has 0 saturated heterocycles. The minimum absolute atomic E-state index is 0. The van der Waals surface area contributed by atoms with Gasteiger partial charge in [0.1, 0.15) is 0 Å². The second-order valence-corrected chi connectivity index (χ2v) is 3.29. The maximum absolute atomic E-state index is 5.19. The van der Waals surface area contributed by atoms with Crippen molar-refractivity contribution >= 4 is 12.6 Å². The van der Waals surface area contributed by atoms with Crippen LogP contribution in [0.1, 0.15) is 31.7 Å². The van der Waals surface area contributed by atoms with Gasteiger partial charge < -0.3 is 0 Å². The van der Waals surface area contributed by atoms with Crippen molar-refractivity contribution in [2.75, 3.05) is 0 Å². The molecule has 0 amide bonds. The first kappa shape index (κ1) is 18.9. The summed E-state index contributed by atoms with van der Waals surface area (Å²) in [4.78, 5) is 1.00. The fourth-order valence-corrected chi connectivity index (χ4v) is 1.46. The molecule has 1 aromatic carbocycles. The van der Waals surface area contributed by atoms with Crippen molar-refractivity contribution in [3.05, 3.63) is 29.8 Å². The molecule has 0 nitrogen and oxygen atoms in total. The van der Waals surface area contributed by atoms with Gasteiger partial charge in [-0.3, -0.25) is 14.1 Å². The van der Waals surface area contributed by atoms with Gasteiger partial charge in [-0.1, -0.05) is 44.7 Å².